The molecule has 0 aromatic heterocycles. The van der Waals surface area contributed by atoms with Gasteiger partial charge in [-0.15, -0.1) is 0 Å². The van der Waals surface area contributed by atoms with Crippen LogP contribution in [0.15, 0.2) is 24.3 Å². The predicted molar refractivity (Wildman–Crippen MR) is 78.1 cm³/mol. The zero-order chi connectivity index (χ0) is 14.9. The maximum absolute atomic E-state index is 11.1. The van der Waals surface area contributed by atoms with Crippen LogP contribution in [0.25, 0.3) is 0 Å². The molecule has 1 aromatic carbocycles. The number of ether oxygens (including phenoxy) is 2. The summed E-state index contributed by atoms with van der Waals surface area (Å²) >= 11 is 5.96. The lowest BCUT2D eigenvalue weighted by Gasteiger charge is -2.39. The average Bonchev–Trinajstić information content (AvgIpc) is 2.99. The smallest absolute Gasteiger partial charge is 0.306 e. The Labute approximate surface area is 129 Å². The minimum atomic E-state index is -0.728. The van der Waals surface area contributed by atoms with Crippen molar-refractivity contribution in [3.63, 3.8) is 0 Å². The van der Waals surface area contributed by atoms with E-state index in [4.69, 9.17) is 26.2 Å². The summed E-state index contributed by atoms with van der Waals surface area (Å²) in [5.41, 5.74) is 0.975. The maximum atomic E-state index is 11.1. The normalized spacial score (nSPS) is 28.4. The molecule has 1 N–H and O–H groups in total. The molecular formula is C16H19ClO4. The molecule has 3 rings (SSSR count). The van der Waals surface area contributed by atoms with Crippen molar-refractivity contribution in [3.05, 3.63) is 34.9 Å². The molecule has 0 atom stereocenters. The van der Waals surface area contributed by atoms with Crippen LogP contribution < -0.4 is 0 Å². The lowest BCUT2D eigenvalue weighted by atomic mass is 9.76. The second kappa shape index (κ2) is 5.95. The van der Waals surface area contributed by atoms with Crippen LogP contribution in [0.5, 0.6) is 0 Å². The molecule has 4 nitrogen and oxygen atoms in total. The second-order valence-electron chi connectivity index (χ2n) is 5.76. The summed E-state index contributed by atoms with van der Waals surface area (Å²) in [6.07, 6.45) is 2.98. The fraction of sp³-hybridized carbons (Fsp3) is 0.562. The molecule has 0 unspecified atom stereocenters. The van der Waals surface area contributed by atoms with Crippen LogP contribution in [0.4, 0.5) is 0 Å². The maximum Gasteiger partial charge on any atom is 0.306 e. The fourth-order valence-corrected chi connectivity index (χ4v) is 3.59. The number of hydrogen-bond donors (Lipinski definition) is 1. The number of hydrogen-bond acceptors (Lipinski definition) is 3. The SMILES string of the molecule is O=C(O)[C@H]1CC[C@@H](C2(c3ccc(Cl)cc3)OCCO2)CC1. The third-order valence-electron chi connectivity index (χ3n) is 4.58. The summed E-state index contributed by atoms with van der Waals surface area (Å²) in [6, 6.07) is 7.56. The molecule has 0 spiro atoms. The van der Waals surface area contributed by atoms with E-state index in [0.717, 1.165) is 18.4 Å². The van der Waals surface area contributed by atoms with Crippen LogP contribution in [-0.2, 0) is 20.1 Å². The van der Waals surface area contributed by atoms with Gasteiger partial charge in [-0.3, -0.25) is 4.79 Å². The number of carbonyl (C=O) groups is 1. The zero-order valence-corrected chi connectivity index (χ0v) is 12.5. The second-order valence-corrected chi connectivity index (χ2v) is 6.19. The van der Waals surface area contributed by atoms with Gasteiger partial charge < -0.3 is 14.6 Å². The van der Waals surface area contributed by atoms with E-state index in [0.29, 0.717) is 31.1 Å². The molecule has 1 aliphatic carbocycles. The molecule has 1 aromatic rings. The standard InChI is InChI=1S/C16H19ClO4/c17-14-7-5-13(6-8-14)16(20-9-10-21-16)12-3-1-11(2-4-12)15(18)19/h5-8,11-12H,1-4,9-10H2,(H,18,19)/t11-,12+. The first kappa shape index (κ1) is 14.8. The summed E-state index contributed by atoms with van der Waals surface area (Å²) in [5, 5.41) is 9.81. The van der Waals surface area contributed by atoms with Crippen molar-refractivity contribution in [1.82, 2.24) is 0 Å². The summed E-state index contributed by atoms with van der Waals surface area (Å²) in [6.45, 7) is 1.14. The van der Waals surface area contributed by atoms with Crippen LogP contribution in [-0.4, -0.2) is 24.3 Å². The fourth-order valence-electron chi connectivity index (χ4n) is 3.47. The van der Waals surface area contributed by atoms with Crippen LogP contribution in [0.2, 0.25) is 5.02 Å². The van der Waals surface area contributed by atoms with Gasteiger partial charge in [0.15, 0.2) is 5.79 Å². The largest absolute Gasteiger partial charge is 0.481 e. The molecule has 2 aliphatic rings. The Morgan fingerprint density at radius 1 is 1.10 bits per heavy atom. The Balaban J connectivity index is 1.82. The highest BCUT2D eigenvalue weighted by Crippen LogP contribution is 2.46. The average molecular weight is 311 g/mol. The van der Waals surface area contributed by atoms with Crippen molar-refractivity contribution >= 4 is 17.6 Å². The number of carboxylic acids is 1. The first-order valence-electron chi connectivity index (χ1n) is 7.38. The van der Waals surface area contributed by atoms with Crippen molar-refractivity contribution in [1.29, 1.82) is 0 Å². The van der Waals surface area contributed by atoms with Gasteiger partial charge in [0.25, 0.3) is 0 Å². The van der Waals surface area contributed by atoms with E-state index in [1.807, 2.05) is 24.3 Å². The molecule has 0 bridgehead atoms. The number of carboxylic acid groups (broad SMARTS) is 1. The van der Waals surface area contributed by atoms with Gasteiger partial charge >= 0.3 is 5.97 Å². The number of halogens is 1. The van der Waals surface area contributed by atoms with Gasteiger partial charge in [-0.1, -0.05) is 23.7 Å². The van der Waals surface area contributed by atoms with Gasteiger partial charge in [0.2, 0.25) is 0 Å². The van der Waals surface area contributed by atoms with Gasteiger partial charge in [-0.25, -0.2) is 0 Å². The lowest BCUT2D eigenvalue weighted by molar-refractivity contribution is -0.214. The van der Waals surface area contributed by atoms with Crippen molar-refractivity contribution in [3.8, 4) is 0 Å². The highest BCUT2D eigenvalue weighted by Gasteiger charge is 2.47. The Hall–Kier alpha value is -1.10. The molecule has 0 amide bonds. The van der Waals surface area contributed by atoms with Crippen molar-refractivity contribution < 1.29 is 19.4 Å². The molecule has 5 heteroatoms. The minimum absolute atomic E-state index is 0.191. The van der Waals surface area contributed by atoms with Gasteiger partial charge in [-0.2, -0.15) is 0 Å². The van der Waals surface area contributed by atoms with E-state index in [2.05, 4.69) is 0 Å². The highest BCUT2D eigenvalue weighted by atomic mass is 35.5. The third kappa shape index (κ3) is 2.80. The van der Waals surface area contributed by atoms with Crippen molar-refractivity contribution in [2.45, 2.75) is 31.5 Å². The van der Waals surface area contributed by atoms with E-state index in [1.54, 1.807) is 0 Å². The van der Waals surface area contributed by atoms with E-state index in [-0.39, 0.29) is 11.8 Å². The molecule has 21 heavy (non-hydrogen) atoms. The minimum Gasteiger partial charge on any atom is -0.481 e. The lowest BCUT2D eigenvalue weighted by Crippen LogP contribution is -2.39. The van der Waals surface area contributed by atoms with Crippen molar-refractivity contribution in [2.75, 3.05) is 13.2 Å². The first-order chi connectivity index (χ1) is 10.1. The van der Waals surface area contributed by atoms with Crippen LogP contribution in [0.1, 0.15) is 31.2 Å². The van der Waals surface area contributed by atoms with E-state index in [1.165, 1.54) is 0 Å². The number of aliphatic carboxylic acids is 1. The monoisotopic (exact) mass is 310 g/mol. The first-order valence-corrected chi connectivity index (χ1v) is 7.76. The Bertz CT molecular complexity index is 500. The van der Waals surface area contributed by atoms with Gasteiger partial charge in [0.1, 0.15) is 0 Å². The van der Waals surface area contributed by atoms with E-state index in [9.17, 15) is 4.79 Å². The van der Waals surface area contributed by atoms with Gasteiger partial charge in [-0.05, 0) is 37.8 Å². The molecule has 0 radical (unpaired) electrons. The van der Waals surface area contributed by atoms with E-state index < -0.39 is 11.8 Å². The molecule has 1 saturated carbocycles. The Kier molecular flexibility index (Phi) is 4.20. The summed E-state index contributed by atoms with van der Waals surface area (Å²) in [7, 11) is 0. The topological polar surface area (TPSA) is 55.8 Å². The predicted octanol–water partition coefficient (Wildman–Crippen LogP) is 3.43. The molecule has 1 saturated heterocycles. The number of benzene rings is 1. The highest BCUT2D eigenvalue weighted by molar-refractivity contribution is 6.30. The molecule has 1 aliphatic heterocycles. The number of rotatable bonds is 3. The molecule has 2 fully saturated rings. The van der Waals surface area contributed by atoms with Gasteiger partial charge in [0.05, 0.1) is 19.1 Å². The molecule has 1 heterocycles. The summed E-state index contributed by atoms with van der Waals surface area (Å²) in [4.78, 5) is 11.1. The Morgan fingerprint density at radius 3 is 2.19 bits per heavy atom. The quantitative estimate of drug-likeness (QED) is 0.929. The molecular weight excluding hydrogens is 292 g/mol. The van der Waals surface area contributed by atoms with Crippen LogP contribution in [0, 0.1) is 11.8 Å². The van der Waals surface area contributed by atoms with Crippen LogP contribution >= 0.6 is 11.6 Å². The van der Waals surface area contributed by atoms with Gasteiger partial charge in [0, 0.05) is 16.5 Å². The zero-order valence-electron chi connectivity index (χ0n) is 11.8. The summed E-state index contributed by atoms with van der Waals surface area (Å²) in [5.74, 6) is -1.46. The molecule has 114 valence electrons. The van der Waals surface area contributed by atoms with Crippen LogP contribution in [0.3, 0.4) is 0 Å². The summed E-state index contributed by atoms with van der Waals surface area (Å²) < 4.78 is 12.0. The van der Waals surface area contributed by atoms with E-state index >= 15 is 0 Å². The van der Waals surface area contributed by atoms with Crippen molar-refractivity contribution in [2.24, 2.45) is 11.8 Å². The third-order valence-corrected chi connectivity index (χ3v) is 4.83. The Morgan fingerprint density at radius 2 is 1.67 bits per heavy atom.